The van der Waals surface area contributed by atoms with Crippen molar-refractivity contribution < 1.29 is 23.9 Å². The third kappa shape index (κ3) is 12.4. The maximum atomic E-state index is 14.5. The minimum atomic E-state index is -0.905. The molecule has 244 valence electrons. The number of ether oxygens (including phenoxy) is 2. The predicted molar refractivity (Wildman–Crippen MR) is 182 cm³/mol. The van der Waals surface area contributed by atoms with Crippen LogP contribution in [0.3, 0.4) is 0 Å². The molecule has 2 aromatic rings. The maximum Gasteiger partial charge on any atom is 0.408 e. The van der Waals surface area contributed by atoms with Crippen LogP contribution in [-0.2, 0) is 14.3 Å². The number of nitrogens with zero attached hydrogens (tertiary/aromatic N) is 1. The van der Waals surface area contributed by atoms with Crippen molar-refractivity contribution in [1.29, 1.82) is 0 Å². The van der Waals surface area contributed by atoms with Gasteiger partial charge in [-0.3, -0.25) is 9.59 Å². The van der Waals surface area contributed by atoms with Crippen LogP contribution in [0.15, 0.2) is 42.5 Å². The van der Waals surface area contributed by atoms with E-state index in [0.29, 0.717) is 30.2 Å². The Balaban J connectivity index is 2.55. The number of amides is 3. The highest BCUT2D eigenvalue weighted by atomic mass is 32.2. The lowest BCUT2D eigenvalue weighted by molar-refractivity contribution is -0.141. The van der Waals surface area contributed by atoms with Crippen molar-refractivity contribution >= 4 is 35.4 Å². The van der Waals surface area contributed by atoms with Gasteiger partial charge >= 0.3 is 6.09 Å². The first-order valence-electron chi connectivity index (χ1n) is 15.7. The smallest absolute Gasteiger partial charge is 0.408 e. The second-order valence-electron chi connectivity index (χ2n) is 12.3. The Hall–Kier alpha value is -3.20. The minimum Gasteiger partial charge on any atom is -0.497 e. The zero-order valence-corrected chi connectivity index (χ0v) is 28.8. The Bertz CT molecular complexity index is 1200. The largest absolute Gasteiger partial charge is 0.497 e. The second kappa shape index (κ2) is 18.6. The van der Waals surface area contributed by atoms with Crippen LogP contribution in [0.25, 0.3) is 0 Å². The molecule has 0 aromatic heterocycles. The van der Waals surface area contributed by atoms with Crippen molar-refractivity contribution in [2.75, 3.05) is 31.0 Å². The second-order valence-corrected chi connectivity index (χ2v) is 13.2. The van der Waals surface area contributed by atoms with Gasteiger partial charge in [0.25, 0.3) is 5.91 Å². The number of methoxy groups -OCH3 is 1. The van der Waals surface area contributed by atoms with Gasteiger partial charge in [0.15, 0.2) is 0 Å². The average Bonchev–Trinajstić information content (AvgIpc) is 2.97. The minimum absolute atomic E-state index is 0.297. The molecule has 3 amide bonds. The molecule has 0 aliphatic heterocycles. The number of nitrogens with one attached hydrogen (secondary N) is 2. The zero-order valence-electron chi connectivity index (χ0n) is 28.0. The molecule has 0 aliphatic rings. The Morgan fingerprint density at radius 1 is 0.955 bits per heavy atom. The van der Waals surface area contributed by atoms with Crippen molar-refractivity contribution in [3.05, 3.63) is 59.2 Å². The predicted octanol–water partition coefficient (Wildman–Crippen LogP) is 7.83. The molecular formula is C35H53N3O5S. The van der Waals surface area contributed by atoms with Crippen molar-refractivity contribution in [2.45, 2.75) is 104 Å². The summed E-state index contributed by atoms with van der Waals surface area (Å²) in [6.45, 7) is 11.9. The summed E-state index contributed by atoms with van der Waals surface area (Å²) in [5, 5.41) is 5.87. The molecule has 0 bridgehead atoms. The van der Waals surface area contributed by atoms with E-state index in [2.05, 4.69) is 17.6 Å². The van der Waals surface area contributed by atoms with E-state index in [9.17, 15) is 14.4 Å². The summed E-state index contributed by atoms with van der Waals surface area (Å²) in [7, 11) is 1.59. The van der Waals surface area contributed by atoms with Gasteiger partial charge in [0, 0.05) is 12.2 Å². The van der Waals surface area contributed by atoms with Gasteiger partial charge in [-0.15, -0.1) is 0 Å². The Labute approximate surface area is 269 Å². The number of hydrogen-bond donors (Lipinski definition) is 2. The lowest BCUT2D eigenvalue weighted by Gasteiger charge is -2.35. The summed E-state index contributed by atoms with van der Waals surface area (Å²) >= 11 is 1.60. The van der Waals surface area contributed by atoms with E-state index in [4.69, 9.17) is 9.47 Å². The molecule has 2 aromatic carbocycles. The summed E-state index contributed by atoms with van der Waals surface area (Å²) < 4.78 is 10.8. The first-order valence-corrected chi connectivity index (χ1v) is 17.1. The molecule has 0 heterocycles. The molecule has 0 fully saturated rings. The third-order valence-electron chi connectivity index (χ3n) is 7.28. The summed E-state index contributed by atoms with van der Waals surface area (Å²) in [4.78, 5) is 43.3. The van der Waals surface area contributed by atoms with E-state index in [1.54, 1.807) is 68.8 Å². The van der Waals surface area contributed by atoms with Gasteiger partial charge in [-0.25, -0.2) is 4.79 Å². The van der Waals surface area contributed by atoms with Gasteiger partial charge in [0.1, 0.15) is 23.4 Å². The molecule has 2 atom stereocenters. The molecule has 2 N–H and O–H groups in total. The van der Waals surface area contributed by atoms with Crippen LogP contribution in [-0.4, -0.2) is 60.1 Å². The Morgan fingerprint density at radius 2 is 1.61 bits per heavy atom. The van der Waals surface area contributed by atoms with E-state index in [1.165, 1.54) is 6.42 Å². The molecule has 9 heteroatoms. The van der Waals surface area contributed by atoms with Crippen LogP contribution >= 0.6 is 11.8 Å². The average molecular weight is 628 g/mol. The van der Waals surface area contributed by atoms with Gasteiger partial charge in [0.05, 0.1) is 7.11 Å². The summed E-state index contributed by atoms with van der Waals surface area (Å²) in [5.74, 6) is 0.723. The van der Waals surface area contributed by atoms with Gasteiger partial charge in [-0.1, -0.05) is 62.8 Å². The van der Waals surface area contributed by atoms with Crippen LogP contribution in [0.5, 0.6) is 5.75 Å². The van der Waals surface area contributed by atoms with Gasteiger partial charge in [0.2, 0.25) is 5.91 Å². The topological polar surface area (TPSA) is 97.0 Å². The molecule has 0 aliphatic carbocycles. The number of carbonyl (C=O) groups excluding carboxylic acids is 3. The normalized spacial score (nSPS) is 12.6. The van der Waals surface area contributed by atoms with Crippen LogP contribution in [0, 0.1) is 13.8 Å². The molecule has 0 radical (unpaired) electrons. The molecular weight excluding hydrogens is 574 g/mol. The van der Waals surface area contributed by atoms with E-state index in [0.717, 1.165) is 48.8 Å². The quantitative estimate of drug-likeness (QED) is 0.174. The number of rotatable bonds is 17. The highest BCUT2D eigenvalue weighted by Gasteiger charge is 2.36. The van der Waals surface area contributed by atoms with Crippen LogP contribution < -0.4 is 15.4 Å². The summed E-state index contributed by atoms with van der Waals surface area (Å²) in [6, 6.07) is 11.3. The number of aryl methyl sites for hydroxylation is 2. The maximum absolute atomic E-state index is 14.5. The van der Waals surface area contributed by atoms with Crippen LogP contribution in [0.1, 0.15) is 95.4 Å². The molecule has 2 rings (SSSR count). The number of alkyl carbamates (subject to hydrolysis) is 1. The third-order valence-corrected chi connectivity index (χ3v) is 7.93. The molecule has 8 nitrogen and oxygen atoms in total. The number of benzene rings is 2. The lowest BCUT2D eigenvalue weighted by atomic mass is 9.95. The highest BCUT2D eigenvalue weighted by Crippen LogP contribution is 2.29. The van der Waals surface area contributed by atoms with Crippen LogP contribution in [0.2, 0.25) is 0 Å². The van der Waals surface area contributed by atoms with Crippen LogP contribution in [0.4, 0.5) is 10.5 Å². The molecule has 0 spiro atoms. The standard InChI is InChI=1S/C35H53N3O5S/c1-9-10-11-12-13-14-22-38(33(40)30(21-23-44-8)37-34(41)43-35(4,5)6)31(29-24-25(2)15-16-26(29)3)32(39)36-27-17-19-28(42-7)20-18-27/h15-20,24,30-31H,9-14,21-23H2,1-8H3,(H,36,39)(H,37,41). The molecule has 44 heavy (non-hydrogen) atoms. The lowest BCUT2D eigenvalue weighted by Crippen LogP contribution is -2.53. The van der Waals surface area contributed by atoms with Crippen molar-refractivity contribution in [1.82, 2.24) is 10.2 Å². The van der Waals surface area contributed by atoms with E-state index < -0.39 is 23.8 Å². The van der Waals surface area contributed by atoms with E-state index >= 15 is 0 Å². The van der Waals surface area contributed by atoms with E-state index in [1.807, 2.05) is 38.3 Å². The SMILES string of the molecule is CCCCCCCCN(C(=O)C(CCSC)NC(=O)OC(C)(C)C)C(C(=O)Nc1ccc(OC)cc1)c1cc(C)ccc1C. The molecule has 2 unspecified atom stereocenters. The zero-order chi connectivity index (χ0) is 32.7. The number of carbonyl (C=O) groups is 3. The first-order chi connectivity index (χ1) is 20.9. The van der Waals surface area contributed by atoms with Gasteiger partial charge in [-0.05, 0) is 94.9 Å². The summed E-state index contributed by atoms with van der Waals surface area (Å²) in [6.07, 6.45) is 7.94. The molecule has 0 saturated heterocycles. The fourth-order valence-electron chi connectivity index (χ4n) is 4.96. The monoisotopic (exact) mass is 627 g/mol. The molecule has 0 saturated carbocycles. The van der Waals surface area contributed by atoms with E-state index in [-0.39, 0.29) is 11.8 Å². The number of hydrogen-bond acceptors (Lipinski definition) is 6. The van der Waals surface area contributed by atoms with Gasteiger partial charge < -0.3 is 25.0 Å². The highest BCUT2D eigenvalue weighted by molar-refractivity contribution is 7.98. The fourth-order valence-corrected chi connectivity index (χ4v) is 5.43. The van der Waals surface area contributed by atoms with Crippen molar-refractivity contribution in [3.8, 4) is 5.75 Å². The van der Waals surface area contributed by atoms with Crippen molar-refractivity contribution in [3.63, 3.8) is 0 Å². The van der Waals surface area contributed by atoms with Crippen molar-refractivity contribution in [2.24, 2.45) is 0 Å². The Morgan fingerprint density at radius 3 is 2.23 bits per heavy atom. The Kier molecular flexibility index (Phi) is 15.6. The number of thioether (sulfide) groups is 1. The van der Waals surface area contributed by atoms with Gasteiger partial charge in [-0.2, -0.15) is 11.8 Å². The fraction of sp³-hybridized carbons (Fsp3) is 0.571. The number of unbranched alkanes of at least 4 members (excludes halogenated alkanes) is 5. The first kappa shape index (κ1) is 37.0. The summed E-state index contributed by atoms with van der Waals surface area (Å²) in [5.41, 5.74) is 2.55. The number of anilines is 1.